The second-order valence-electron chi connectivity index (χ2n) is 5.82. The molecule has 0 aliphatic carbocycles. The Morgan fingerprint density at radius 1 is 1.25 bits per heavy atom. The quantitative estimate of drug-likeness (QED) is 0.783. The van der Waals surface area contributed by atoms with Crippen molar-refractivity contribution in [2.75, 3.05) is 39.3 Å². The Hall–Kier alpha value is -0.980. The van der Waals surface area contributed by atoms with Gasteiger partial charge in [-0.1, -0.05) is 13.8 Å². The summed E-state index contributed by atoms with van der Waals surface area (Å²) in [4.78, 5) is 9.38. The van der Waals surface area contributed by atoms with E-state index in [4.69, 9.17) is 5.73 Å². The van der Waals surface area contributed by atoms with Crippen LogP contribution in [0.4, 0.5) is 0 Å². The first kappa shape index (κ1) is 15.4. The lowest BCUT2D eigenvalue weighted by Gasteiger charge is -2.35. The van der Waals surface area contributed by atoms with Crippen LogP contribution in [0.1, 0.15) is 26.1 Å². The minimum Gasteiger partial charge on any atom is -0.330 e. The largest absolute Gasteiger partial charge is 0.330 e. The summed E-state index contributed by atoms with van der Waals surface area (Å²) in [5.41, 5.74) is 5.70. The van der Waals surface area contributed by atoms with Gasteiger partial charge in [0.1, 0.15) is 12.2 Å². The SMILES string of the molecule is CCCn1ncnc1CN1CCN(CC(C)CN)CC1. The first-order chi connectivity index (χ1) is 9.72. The third-order valence-electron chi connectivity index (χ3n) is 3.93. The number of aryl methyl sites for hydroxylation is 1. The van der Waals surface area contributed by atoms with Crippen molar-refractivity contribution in [2.24, 2.45) is 11.7 Å². The Kier molecular flexibility index (Phi) is 5.94. The summed E-state index contributed by atoms with van der Waals surface area (Å²) >= 11 is 0. The smallest absolute Gasteiger partial charge is 0.141 e. The van der Waals surface area contributed by atoms with Crippen molar-refractivity contribution in [3.63, 3.8) is 0 Å². The molecule has 0 saturated carbocycles. The molecule has 1 aromatic rings. The van der Waals surface area contributed by atoms with Crippen molar-refractivity contribution in [1.82, 2.24) is 24.6 Å². The molecule has 6 heteroatoms. The highest BCUT2D eigenvalue weighted by Gasteiger charge is 2.19. The van der Waals surface area contributed by atoms with E-state index in [1.165, 1.54) is 0 Å². The fourth-order valence-corrected chi connectivity index (χ4v) is 2.65. The molecular weight excluding hydrogens is 252 g/mol. The van der Waals surface area contributed by atoms with Crippen LogP contribution < -0.4 is 5.73 Å². The van der Waals surface area contributed by atoms with E-state index in [0.717, 1.165) is 64.6 Å². The zero-order chi connectivity index (χ0) is 14.4. The number of hydrogen-bond acceptors (Lipinski definition) is 5. The summed E-state index contributed by atoms with van der Waals surface area (Å²) in [5.74, 6) is 1.69. The summed E-state index contributed by atoms with van der Waals surface area (Å²) in [6.07, 6.45) is 2.77. The minimum absolute atomic E-state index is 0.592. The Bertz CT molecular complexity index is 383. The van der Waals surface area contributed by atoms with Gasteiger partial charge in [0.2, 0.25) is 0 Å². The number of nitrogens with two attached hydrogens (primary N) is 1. The molecule has 2 heterocycles. The van der Waals surface area contributed by atoms with Crippen LogP contribution in [-0.2, 0) is 13.1 Å². The second kappa shape index (κ2) is 7.71. The number of piperazine rings is 1. The molecule has 0 amide bonds. The number of rotatable bonds is 7. The molecule has 6 nitrogen and oxygen atoms in total. The molecule has 1 aromatic heterocycles. The van der Waals surface area contributed by atoms with Crippen LogP contribution in [0, 0.1) is 5.92 Å². The second-order valence-corrected chi connectivity index (χ2v) is 5.82. The van der Waals surface area contributed by atoms with Gasteiger partial charge in [-0.05, 0) is 18.9 Å². The van der Waals surface area contributed by atoms with E-state index >= 15 is 0 Å². The van der Waals surface area contributed by atoms with Gasteiger partial charge in [-0.2, -0.15) is 5.10 Å². The van der Waals surface area contributed by atoms with Crippen molar-refractivity contribution < 1.29 is 0 Å². The maximum atomic E-state index is 5.70. The summed E-state index contributed by atoms with van der Waals surface area (Å²) in [5, 5.41) is 4.29. The molecule has 2 rings (SSSR count). The van der Waals surface area contributed by atoms with Gasteiger partial charge in [-0.15, -0.1) is 0 Å². The Labute approximate surface area is 121 Å². The highest BCUT2D eigenvalue weighted by atomic mass is 15.4. The Balaban J connectivity index is 1.78. The molecule has 1 aliphatic heterocycles. The van der Waals surface area contributed by atoms with Gasteiger partial charge in [0.05, 0.1) is 6.54 Å². The van der Waals surface area contributed by atoms with E-state index < -0.39 is 0 Å². The van der Waals surface area contributed by atoms with Crippen LogP contribution in [0.5, 0.6) is 0 Å². The molecule has 0 aromatic carbocycles. The average molecular weight is 280 g/mol. The molecule has 1 fully saturated rings. The molecule has 0 spiro atoms. The van der Waals surface area contributed by atoms with Crippen LogP contribution in [-0.4, -0.2) is 63.8 Å². The molecule has 114 valence electrons. The van der Waals surface area contributed by atoms with Gasteiger partial charge in [0.25, 0.3) is 0 Å². The van der Waals surface area contributed by atoms with Gasteiger partial charge in [-0.25, -0.2) is 9.67 Å². The molecule has 20 heavy (non-hydrogen) atoms. The fraction of sp³-hybridized carbons (Fsp3) is 0.857. The lowest BCUT2D eigenvalue weighted by molar-refractivity contribution is 0.113. The van der Waals surface area contributed by atoms with Crippen LogP contribution >= 0.6 is 0 Å². The van der Waals surface area contributed by atoms with Crippen molar-refractivity contribution in [1.29, 1.82) is 0 Å². The summed E-state index contributed by atoms with van der Waals surface area (Å²) in [6, 6.07) is 0. The third-order valence-corrected chi connectivity index (χ3v) is 3.93. The summed E-state index contributed by atoms with van der Waals surface area (Å²) in [6.45, 7) is 12.6. The highest BCUT2D eigenvalue weighted by Crippen LogP contribution is 2.08. The third kappa shape index (κ3) is 4.26. The van der Waals surface area contributed by atoms with E-state index in [0.29, 0.717) is 5.92 Å². The van der Waals surface area contributed by atoms with Crippen LogP contribution in [0.2, 0.25) is 0 Å². The molecule has 1 saturated heterocycles. The Morgan fingerprint density at radius 2 is 1.95 bits per heavy atom. The zero-order valence-corrected chi connectivity index (χ0v) is 12.8. The van der Waals surface area contributed by atoms with Gasteiger partial charge >= 0.3 is 0 Å². The predicted molar refractivity (Wildman–Crippen MR) is 80.2 cm³/mol. The summed E-state index contributed by atoms with van der Waals surface area (Å²) < 4.78 is 2.03. The molecule has 2 N–H and O–H groups in total. The van der Waals surface area contributed by atoms with Gasteiger partial charge < -0.3 is 10.6 Å². The summed E-state index contributed by atoms with van der Waals surface area (Å²) in [7, 11) is 0. The van der Waals surface area contributed by atoms with Crippen molar-refractivity contribution >= 4 is 0 Å². The zero-order valence-electron chi connectivity index (χ0n) is 12.8. The first-order valence-electron chi connectivity index (χ1n) is 7.74. The van der Waals surface area contributed by atoms with Crippen molar-refractivity contribution in [3.05, 3.63) is 12.2 Å². The number of aromatic nitrogens is 3. The fourth-order valence-electron chi connectivity index (χ4n) is 2.65. The predicted octanol–water partition coefficient (Wildman–Crippen LogP) is 0.401. The monoisotopic (exact) mass is 280 g/mol. The number of hydrogen-bond donors (Lipinski definition) is 1. The van der Waals surface area contributed by atoms with Crippen LogP contribution in [0.25, 0.3) is 0 Å². The topological polar surface area (TPSA) is 63.2 Å². The van der Waals surface area contributed by atoms with Gasteiger partial charge in [0, 0.05) is 39.3 Å². The van der Waals surface area contributed by atoms with E-state index in [2.05, 4.69) is 33.7 Å². The molecule has 1 aliphatic rings. The molecule has 1 atom stereocenters. The molecular formula is C14H28N6. The molecule has 1 unspecified atom stereocenters. The maximum Gasteiger partial charge on any atom is 0.141 e. The Morgan fingerprint density at radius 3 is 2.60 bits per heavy atom. The van der Waals surface area contributed by atoms with Gasteiger partial charge in [-0.3, -0.25) is 4.90 Å². The van der Waals surface area contributed by atoms with E-state index in [-0.39, 0.29) is 0 Å². The lowest BCUT2D eigenvalue weighted by atomic mass is 10.1. The standard InChI is InChI=1S/C14H28N6/c1-3-4-20-14(16-12-17-20)11-19-7-5-18(6-8-19)10-13(2)9-15/h12-13H,3-11,15H2,1-2H3. The van der Waals surface area contributed by atoms with Crippen LogP contribution in [0.3, 0.4) is 0 Å². The number of nitrogens with zero attached hydrogens (tertiary/aromatic N) is 5. The van der Waals surface area contributed by atoms with Gasteiger partial charge in [0.15, 0.2) is 0 Å². The molecule has 0 bridgehead atoms. The van der Waals surface area contributed by atoms with E-state index in [1.54, 1.807) is 6.33 Å². The van der Waals surface area contributed by atoms with E-state index in [9.17, 15) is 0 Å². The van der Waals surface area contributed by atoms with Crippen molar-refractivity contribution in [3.8, 4) is 0 Å². The average Bonchev–Trinajstić information content (AvgIpc) is 2.88. The van der Waals surface area contributed by atoms with E-state index in [1.807, 2.05) is 4.68 Å². The maximum absolute atomic E-state index is 5.70. The normalized spacial score (nSPS) is 19.4. The van der Waals surface area contributed by atoms with Crippen molar-refractivity contribution in [2.45, 2.75) is 33.4 Å². The lowest BCUT2D eigenvalue weighted by Crippen LogP contribution is -2.47. The minimum atomic E-state index is 0.592. The highest BCUT2D eigenvalue weighted by molar-refractivity contribution is 4.86. The molecule has 0 radical (unpaired) electrons. The van der Waals surface area contributed by atoms with Crippen LogP contribution in [0.15, 0.2) is 6.33 Å². The first-order valence-corrected chi connectivity index (χ1v) is 7.74.